The standard InChI is InChI=1S/C9H20N2O2S/c1-4-8(10)9(12)11-7(2)5-6-14(3)13/h7-8H,4-6,10H2,1-3H3,(H,11,12)/t7?,8-,14?/m1/s1. The van der Waals surface area contributed by atoms with Crippen molar-refractivity contribution in [3.63, 3.8) is 0 Å². The summed E-state index contributed by atoms with van der Waals surface area (Å²) >= 11 is 0. The molecule has 0 radical (unpaired) electrons. The minimum Gasteiger partial charge on any atom is -0.352 e. The Labute approximate surface area is 88.1 Å². The van der Waals surface area contributed by atoms with Crippen molar-refractivity contribution in [3.05, 3.63) is 0 Å². The minimum atomic E-state index is -0.796. The third-order valence-electron chi connectivity index (χ3n) is 2.00. The summed E-state index contributed by atoms with van der Waals surface area (Å²) in [6, 6.07) is -0.381. The molecule has 3 N–H and O–H groups in total. The van der Waals surface area contributed by atoms with E-state index < -0.39 is 16.8 Å². The summed E-state index contributed by atoms with van der Waals surface area (Å²) in [6.07, 6.45) is 3.02. The highest BCUT2D eigenvalue weighted by Gasteiger charge is 2.13. The summed E-state index contributed by atoms with van der Waals surface area (Å²) < 4.78 is 10.8. The van der Waals surface area contributed by atoms with E-state index in [9.17, 15) is 9.00 Å². The van der Waals surface area contributed by atoms with E-state index in [1.807, 2.05) is 13.8 Å². The zero-order chi connectivity index (χ0) is 11.1. The summed E-state index contributed by atoms with van der Waals surface area (Å²) in [4.78, 5) is 11.3. The average Bonchev–Trinajstić information content (AvgIpc) is 2.13. The molecule has 3 atom stereocenters. The predicted molar refractivity (Wildman–Crippen MR) is 59.4 cm³/mol. The Balaban J connectivity index is 3.76. The molecule has 84 valence electrons. The molecule has 0 spiro atoms. The van der Waals surface area contributed by atoms with Gasteiger partial charge >= 0.3 is 0 Å². The normalized spacial score (nSPS) is 17.1. The van der Waals surface area contributed by atoms with Crippen molar-refractivity contribution in [1.82, 2.24) is 5.32 Å². The van der Waals surface area contributed by atoms with Gasteiger partial charge in [-0.25, -0.2) is 0 Å². The fourth-order valence-corrected chi connectivity index (χ4v) is 1.64. The maximum Gasteiger partial charge on any atom is 0.237 e. The number of carbonyl (C=O) groups excluding carboxylic acids is 1. The molecule has 0 rings (SSSR count). The Morgan fingerprint density at radius 1 is 1.57 bits per heavy atom. The molecule has 0 aliphatic heterocycles. The van der Waals surface area contributed by atoms with Gasteiger partial charge in [0.1, 0.15) is 0 Å². The highest BCUT2D eigenvalue weighted by molar-refractivity contribution is 7.84. The van der Waals surface area contributed by atoms with Crippen LogP contribution in [0.3, 0.4) is 0 Å². The van der Waals surface area contributed by atoms with Crippen LogP contribution in [0.5, 0.6) is 0 Å². The van der Waals surface area contributed by atoms with E-state index in [0.717, 1.165) is 6.42 Å². The lowest BCUT2D eigenvalue weighted by molar-refractivity contribution is -0.123. The first-order valence-corrected chi connectivity index (χ1v) is 6.56. The van der Waals surface area contributed by atoms with E-state index in [1.165, 1.54) is 0 Å². The van der Waals surface area contributed by atoms with Crippen molar-refractivity contribution in [2.24, 2.45) is 5.73 Å². The Morgan fingerprint density at radius 3 is 2.57 bits per heavy atom. The van der Waals surface area contributed by atoms with E-state index in [2.05, 4.69) is 5.32 Å². The Morgan fingerprint density at radius 2 is 2.14 bits per heavy atom. The molecule has 1 amide bonds. The fourth-order valence-electron chi connectivity index (χ4n) is 0.950. The number of rotatable bonds is 6. The van der Waals surface area contributed by atoms with E-state index in [0.29, 0.717) is 12.2 Å². The number of hydrogen-bond acceptors (Lipinski definition) is 3. The van der Waals surface area contributed by atoms with Crippen LogP contribution in [0.25, 0.3) is 0 Å². The molecule has 5 heteroatoms. The van der Waals surface area contributed by atoms with Gasteiger partial charge in [-0.2, -0.15) is 0 Å². The van der Waals surface area contributed by atoms with Gasteiger partial charge in [0.15, 0.2) is 0 Å². The molecule has 0 heterocycles. The van der Waals surface area contributed by atoms with E-state index in [1.54, 1.807) is 6.26 Å². The molecule has 0 aliphatic rings. The van der Waals surface area contributed by atoms with Crippen LogP contribution < -0.4 is 11.1 Å². The molecule has 14 heavy (non-hydrogen) atoms. The first kappa shape index (κ1) is 13.6. The first-order chi connectivity index (χ1) is 6.47. The highest BCUT2D eigenvalue weighted by Crippen LogP contribution is 1.94. The number of hydrogen-bond donors (Lipinski definition) is 2. The van der Waals surface area contributed by atoms with Crippen molar-refractivity contribution >= 4 is 16.7 Å². The first-order valence-electron chi connectivity index (χ1n) is 4.83. The molecular weight excluding hydrogens is 200 g/mol. The van der Waals surface area contributed by atoms with Gasteiger partial charge in [0, 0.05) is 28.9 Å². The van der Waals surface area contributed by atoms with Crippen LogP contribution in [0.15, 0.2) is 0 Å². The van der Waals surface area contributed by atoms with Gasteiger partial charge < -0.3 is 11.1 Å². The van der Waals surface area contributed by atoms with Gasteiger partial charge in [-0.3, -0.25) is 9.00 Å². The zero-order valence-electron chi connectivity index (χ0n) is 9.08. The average molecular weight is 220 g/mol. The molecule has 0 bridgehead atoms. The molecule has 0 saturated carbocycles. The van der Waals surface area contributed by atoms with Gasteiger partial charge in [-0.15, -0.1) is 0 Å². The quantitative estimate of drug-likeness (QED) is 0.661. The van der Waals surface area contributed by atoms with Gasteiger partial charge in [-0.05, 0) is 19.8 Å². The second-order valence-corrected chi connectivity index (χ2v) is 5.05. The summed E-state index contributed by atoms with van der Waals surface area (Å²) in [5.41, 5.74) is 5.55. The molecule has 0 aromatic rings. The van der Waals surface area contributed by atoms with E-state index >= 15 is 0 Å². The van der Waals surface area contributed by atoms with Crippen molar-refractivity contribution < 1.29 is 9.00 Å². The largest absolute Gasteiger partial charge is 0.352 e. The smallest absolute Gasteiger partial charge is 0.237 e. The van der Waals surface area contributed by atoms with Gasteiger partial charge in [-0.1, -0.05) is 6.92 Å². The van der Waals surface area contributed by atoms with Crippen molar-refractivity contribution in [2.75, 3.05) is 12.0 Å². The summed E-state index contributed by atoms with van der Waals surface area (Å²) in [6.45, 7) is 3.77. The lowest BCUT2D eigenvalue weighted by Gasteiger charge is -2.15. The molecule has 2 unspecified atom stereocenters. The Hall–Kier alpha value is -0.420. The van der Waals surface area contributed by atoms with E-state index in [4.69, 9.17) is 5.73 Å². The number of carbonyl (C=O) groups is 1. The molecule has 0 aromatic carbocycles. The minimum absolute atomic E-state index is 0.0454. The number of nitrogens with one attached hydrogen (secondary N) is 1. The molecule has 0 saturated heterocycles. The van der Waals surface area contributed by atoms with Crippen LogP contribution in [0.2, 0.25) is 0 Å². The molecular formula is C9H20N2O2S. The fraction of sp³-hybridized carbons (Fsp3) is 0.889. The lowest BCUT2D eigenvalue weighted by Crippen LogP contribution is -2.44. The van der Waals surface area contributed by atoms with E-state index in [-0.39, 0.29) is 11.9 Å². The van der Waals surface area contributed by atoms with Gasteiger partial charge in [0.2, 0.25) is 5.91 Å². The second kappa shape index (κ2) is 6.95. The SMILES string of the molecule is CC[C@@H](N)C(=O)NC(C)CCS(C)=O. The van der Waals surface area contributed by atoms with Crippen LogP contribution in [0.1, 0.15) is 26.7 Å². The highest BCUT2D eigenvalue weighted by atomic mass is 32.2. The second-order valence-electron chi connectivity index (χ2n) is 3.49. The van der Waals surface area contributed by atoms with Crippen molar-refractivity contribution in [3.8, 4) is 0 Å². The molecule has 0 aromatic heterocycles. The maximum atomic E-state index is 11.3. The lowest BCUT2D eigenvalue weighted by atomic mass is 10.2. The third kappa shape index (κ3) is 6.10. The summed E-state index contributed by atoms with van der Waals surface area (Å²) in [7, 11) is -0.796. The topological polar surface area (TPSA) is 72.2 Å². The molecule has 4 nitrogen and oxygen atoms in total. The third-order valence-corrected chi connectivity index (χ3v) is 2.81. The number of nitrogens with two attached hydrogens (primary N) is 1. The van der Waals surface area contributed by atoms with Gasteiger partial charge in [0.05, 0.1) is 6.04 Å². The zero-order valence-corrected chi connectivity index (χ0v) is 9.89. The van der Waals surface area contributed by atoms with Crippen molar-refractivity contribution in [1.29, 1.82) is 0 Å². The van der Waals surface area contributed by atoms with Crippen LogP contribution in [-0.4, -0.2) is 34.2 Å². The number of amides is 1. The van der Waals surface area contributed by atoms with Crippen LogP contribution in [-0.2, 0) is 15.6 Å². The Bertz CT molecular complexity index is 209. The van der Waals surface area contributed by atoms with Crippen LogP contribution >= 0.6 is 0 Å². The van der Waals surface area contributed by atoms with Crippen molar-refractivity contribution in [2.45, 2.75) is 38.8 Å². The summed E-state index contributed by atoms with van der Waals surface area (Å²) in [5.74, 6) is 0.491. The predicted octanol–water partition coefficient (Wildman–Crippen LogP) is -0.00300. The Kier molecular flexibility index (Phi) is 6.74. The summed E-state index contributed by atoms with van der Waals surface area (Å²) in [5, 5.41) is 2.79. The maximum absolute atomic E-state index is 11.3. The van der Waals surface area contributed by atoms with Gasteiger partial charge in [0.25, 0.3) is 0 Å². The molecule has 0 aliphatic carbocycles. The molecule has 0 fully saturated rings. The van der Waals surface area contributed by atoms with Crippen LogP contribution in [0, 0.1) is 0 Å². The van der Waals surface area contributed by atoms with Crippen LogP contribution in [0.4, 0.5) is 0 Å². The monoisotopic (exact) mass is 220 g/mol.